The molecule has 0 aliphatic carbocycles. The van der Waals surface area contributed by atoms with E-state index in [9.17, 15) is 13.2 Å². The Balaban J connectivity index is 0.994. The second-order valence-electron chi connectivity index (χ2n) is 11.0. The van der Waals surface area contributed by atoms with E-state index in [1.54, 1.807) is 0 Å². The quantitative estimate of drug-likeness (QED) is 0.461. The molecule has 212 valence electrons. The third kappa shape index (κ3) is 6.93. The Morgan fingerprint density at radius 2 is 1.61 bits per heavy atom. The molecule has 1 spiro atoms. The molecule has 4 fully saturated rings. The molecule has 1 aromatic carbocycles. The van der Waals surface area contributed by atoms with Crippen molar-refractivity contribution in [3.63, 3.8) is 0 Å². The van der Waals surface area contributed by atoms with Gasteiger partial charge >= 0.3 is 0 Å². The van der Waals surface area contributed by atoms with Crippen molar-refractivity contribution in [1.29, 1.82) is 0 Å². The van der Waals surface area contributed by atoms with Crippen molar-refractivity contribution in [2.24, 2.45) is 5.92 Å². The fourth-order valence-electron chi connectivity index (χ4n) is 6.04. The lowest BCUT2D eigenvalue weighted by atomic mass is 9.99. The van der Waals surface area contributed by atoms with Crippen LogP contribution in [0.2, 0.25) is 0 Å². The number of amides is 1. The number of hydrogen-bond donors (Lipinski definition) is 1. The molecule has 1 aromatic rings. The third-order valence-corrected chi connectivity index (χ3v) is 10.4. The van der Waals surface area contributed by atoms with Crippen LogP contribution in [0.5, 0.6) is 0 Å². The summed E-state index contributed by atoms with van der Waals surface area (Å²) in [5.41, 5.74) is 1.36. The van der Waals surface area contributed by atoms with Gasteiger partial charge in [-0.2, -0.15) is 17.0 Å². The Kier molecular flexibility index (Phi) is 9.35. The Bertz CT molecular complexity index is 1000. The summed E-state index contributed by atoms with van der Waals surface area (Å²) in [6.07, 6.45) is 3.43. The summed E-state index contributed by atoms with van der Waals surface area (Å²) < 4.78 is 41.1. The zero-order chi connectivity index (χ0) is 26.4. The van der Waals surface area contributed by atoms with Gasteiger partial charge in [-0.15, -0.1) is 0 Å². The highest BCUT2D eigenvalue weighted by Crippen LogP contribution is 2.33. The van der Waals surface area contributed by atoms with Gasteiger partial charge in [-0.05, 0) is 31.4 Å². The average molecular weight is 550 g/mol. The number of carbonyl (C=O) groups excluding carboxylic acids is 1. The second kappa shape index (κ2) is 12.7. The minimum absolute atomic E-state index is 0.0251. The summed E-state index contributed by atoms with van der Waals surface area (Å²) in [6.45, 7) is 9.45. The number of piperidine rings is 2. The van der Waals surface area contributed by atoms with Crippen molar-refractivity contribution >= 4 is 16.1 Å². The normalized spacial score (nSPS) is 26.1. The Morgan fingerprint density at radius 3 is 2.32 bits per heavy atom. The monoisotopic (exact) mass is 549 g/mol. The van der Waals surface area contributed by atoms with Crippen LogP contribution < -0.4 is 5.32 Å². The van der Waals surface area contributed by atoms with Crippen LogP contribution in [-0.4, -0.2) is 117 Å². The largest absolute Gasteiger partial charge is 0.356 e. The van der Waals surface area contributed by atoms with Gasteiger partial charge in [0.2, 0.25) is 5.91 Å². The first-order chi connectivity index (χ1) is 18.4. The maximum absolute atomic E-state index is 13.3. The van der Waals surface area contributed by atoms with E-state index < -0.39 is 16.0 Å². The van der Waals surface area contributed by atoms with Crippen molar-refractivity contribution in [2.75, 3.05) is 78.7 Å². The molecule has 0 unspecified atom stereocenters. The summed E-state index contributed by atoms with van der Waals surface area (Å²) in [7, 11) is -3.60. The van der Waals surface area contributed by atoms with Gasteiger partial charge in [-0.3, -0.25) is 9.69 Å². The molecular weight excluding hydrogens is 506 g/mol. The molecule has 5 rings (SSSR count). The molecule has 4 heterocycles. The lowest BCUT2D eigenvalue weighted by Crippen LogP contribution is -2.54. The van der Waals surface area contributed by atoms with E-state index in [1.807, 2.05) is 0 Å². The number of hydrogen-bond acceptors (Lipinski definition) is 7. The molecule has 0 aromatic heterocycles. The van der Waals surface area contributed by atoms with Gasteiger partial charge in [0.25, 0.3) is 10.2 Å². The van der Waals surface area contributed by atoms with Gasteiger partial charge in [0.05, 0.1) is 19.1 Å². The summed E-state index contributed by atoms with van der Waals surface area (Å²) in [5.74, 6) is -0.924. The fraction of sp³-hybridized carbons (Fsp3) is 0.741. The van der Waals surface area contributed by atoms with Crippen LogP contribution in [0.4, 0.5) is 0 Å². The van der Waals surface area contributed by atoms with Crippen LogP contribution in [0.1, 0.15) is 37.7 Å². The predicted molar refractivity (Wildman–Crippen MR) is 144 cm³/mol. The van der Waals surface area contributed by atoms with Gasteiger partial charge in [-0.1, -0.05) is 30.3 Å². The van der Waals surface area contributed by atoms with E-state index in [1.165, 1.54) is 14.2 Å². The fourth-order valence-corrected chi connectivity index (χ4v) is 7.74. The minimum Gasteiger partial charge on any atom is -0.356 e. The molecule has 4 saturated heterocycles. The average Bonchev–Trinajstić information content (AvgIpc) is 3.40. The standard InChI is InChI=1S/C27H43N5O5S/c33-26(28-11-5-12-29-16-18-30(19-17-29)22-24-6-2-1-3-7-24)25-8-4-13-32(23-25)38(34,35)31-14-9-27(10-15-31)36-20-21-37-27/h1-3,6-7,25H,4-5,8-23H2,(H,28,33)/t25-/m1/s1. The van der Waals surface area contributed by atoms with E-state index in [0.717, 1.165) is 52.1 Å². The smallest absolute Gasteiger partial charge is 0.282 e. The predicted octanol–water partition coefficient (Wildman–Crippen LogP) is 1.11. The van der Waals surface area contributed by atoms with Crippen LogP contribution in [0.25, 0.3) is 0 Å². The Morgan fingerprint density at radius 1 is 0.921 bits per heavy atom. The van der Waals surface area contributed by atoms with E-state index in [-0.39, 0.29) is 18.4 Å². The van der Waals surface area contributed by atoms with Crippen molar-refractivity contribution in [2.45, 2.75) is 44.4 Å². The van der Waals surface area contributed by atoms with Crippen molar-refractivity contribution in [3.05, 3.63) is 35.9 Å². The van der Waals surface area contributed by atoms with E-state index in [4.69, 9.17) is 9.47 Å². The highest BCUT2D eigenvalue weighted by molar-refractivity contribution is 7.86. The first kappa shape index (κ1) is 27.9. The molecule has 1 N–H and O–H groups in total. The number of benzene rings is 1. The summed E-state index contributed by atoms with van der Waals surface area (Å²) >= 11 is 0. The Labute approximate surface area is 227 Å². The molecule has 0 saturated carbocycles. The van der Waals surface area contributed by atoms with Gasteiger partial charge in [-0.25, -0.2) is 0 Å². The summed E-state index contributed by atoms with van der Waals surface area (Å²) in [6, 6.07) is 10.6. The molecule has 1 atom stereocenters. The zero-order valence-corrected chi connectivity index (χ0v) is 23.2. The first-order valence-corrected chi connectivity index (χ1v) is 15.6. The van der Waals surface area contributed by atoms with Gasteiger partial charge < -0.3 is 19.7 Å². The molecule has 10 nitrogen and oxygen atoms in total. The molecule has 11 heteroatoms. The maximum Gasteiger partial charge on any atom is 0.282 e. The number of ether oxygens (including phenoxy) is 2. The summed E-state index contributed by atoms with van der Waals surface area (Å²) in [5, 5.41) is 3.07. The van der Waals surface area contributed by atoms with E-state index >= 15 is 0 Å². The molecular formula is C27H43N5O5S. The molecule has 4 aliphatic rings. The molecule has 0 radical (unpaired) electrons. The van der Waals surface area contributed by atoms with Crippen molar-refractivity contribution in [3.8, 4) is 0 Å². The van der Waals surface area contributed by atoms with Crippen molar-refractivity contribution < 1.29 is 22.7 Å². The second-order valence-corrected chi connectivity index (χ2v) is 12.9. The number of rotatable bonds is 9. The Hall–Kier alpha value is -1.60. The molecule has 0 bridgehead atoms. The maximum atomic E-state index is 13.3. The first-order valence-electron chi connectivity index (χ1n) is 14.2. The highest BCUT2D eigenvalue weighted by Gasteiger charge is 2.44. The van der Waals surface area contributed by atoms with Crippen LogP contribution in [0.15, 0.2) is 30.3 Å². The van der Waals surface area contributed by atoms with Crippen molar-refractivity contribution in [1.82, 2.24) is 23.7 Å². The van der Waals surface area contributed by atoms with Gasteiger partial charge in [0, 0.05) is 78.3 Å². The topological polar surface area (TPSA) is 94.7 Å². The van der Waals surface area contributed by atoms with Gasteiger partial charge in [0.15, 0.2) is 5.79 Å². The highest BCUT2D eigenvalue weighted by atomic mass is 32.2. The minimum atomic E-state index is -3.60. The number of carbonyl (C=O) groups is 1. The molecule has 38 heavy (non-hydrogen) atoms. The lowest BCUT2D eigenvalue weighted by molar-refractivity contribution is -0.179. The SMILES string of the molecule is O=C(NCCCN1CCN(Cc2ccccc2)CC1)[C@@H]1CCCN(S(=O)(=O)N2CCC3(CC2)OCCO3)C1. The molecule has 4 aliphatic heterocycles. The summed E-state index contributed by atoms with van der Waals surface area (Å²) in [4.78, 5) is 17.8. The number of piperazine rings is 1. The number of nitrogens with zero attached hydrogens (tertiary/aromatic N) is 4. The van der Waals surface area contributed by atoms with Crippen LogP contribution in [0.3, 0.4) is 0 Å². The van der Waals surface area contributed by atoms with Crippen LogP contribution in [0, 0.1) is 5.92 Å². The number of nitrogens with one attached hydrogen (secondary N) is 1. The third-order valence-electron chi connectivity index (χ3n) is 8.37. The lowest BCUT2D eigenvalue weighted by Gasteiger charge is -2.40. The van der Waals surface area contributed by atoms with Gasteiger partial charge in [0.1, 0.15) is 0 Å². The van der Waals surface area contributed by atoms with E-state index in [0.29, 0.717) is 58.7 Å². The van der Waals surface area contributed by atoms with Crippen LogP contribution >= 0.6 is 0 Å². The zero-order valence-electron chi connectivity index (χ0n) is 22.4. The molecule has 1 amide bonds. The van der Waals surface area contributed by atoms with E-state index in [2.05, 4.69) is 45.4 Å². The van der Waals surface area contributed by atoms with Crippen LogP contribution in [-0.2, 0) is 31.0 Å².